The van der Waals surface area contributed by atoms with Gasteiger partial charge in [-0.1, -0.05) is 42.0 Å². The van der Waals surface area contributed by atoms with Gasteiger partial charge in [0.25, 0.3) is 5.56 Å². The second-order valence-corrected chi connectivity index (χ2v) is 8.12. The number of para-hydroxylation sites is 1. The average Bonchev–Trinajstić information content (AvgIpc) is 3.15. The summed E-state index contributed by atoms with van der Waals surface area (Å²) in [6.45, 7) is 5.45. The summed E-state index contributed by atoms with van der Waals surface area (Å²) in [6, 6.07) is 16.1. The predicted molar refractivity (Wildman–Crippen MR) is 120 cm³/mol. The Morgan fingerprint density at radius 1 is 1.03 bits per heavy atom. The van der Waals surface area contributed by atoms with Gasteiger partial charge in [0.15, 0.2) is 0 Å². The minimum atomic E-state index is 0.0372. The largest absolute Gasteiger partial charge is 0.494 e. The van der Waals surface area contributed by atoms with Gasteiger partial charge in [0, 0.05) is 17.5 Å². The van der Waals surface area contributed by atoms with Crippen molar-refractivity contribution < 1.29 is 4.74 Å². The van der Waals surface area contributed by atoms with Crippen molar-refractivity contribution in [3.63, 3.8) is 0 Å². The van der Waals surface area contributed by atoms with Crippen molar-refractivity contribution in [3.05, 3.63) is 81.7 Å². The maximum Gasteiger partial charge on any atom is 0.262 e. The third-order valence-electron chi connectivity index (χ3n) is 5.04. The molecule has 0 atom stereocenters. The SMILES string of the molecule is Cc1ccc(-c2csc3ncn(CCCCOc4ccccc4)c(=O)c23)c(C)c1. The highest BCUT2D eigenvalue weighted by Crippen LogP contribution is 2.33. The number of aromatic nitrogens is 2. The number of hydrogen-bond donors (Lipinski definition) is 0. The molecule has 29 heavy (non-hydrogen) atoms. The number of hydrogen-bond acceptors (Lipinski definition) is 4. The molecular formula is C24H24N2O2S. The molecule has 0 bridgehead atoms. The number of aryl methyl sites for hydroxylation is 3. The molecule has 0 aliphatic carbocycles. The van der Waals surface area contributed by atoms with E-state index in [9.17, 15) is 4.79 Å². The predicted octanol–water partition coefficient (Wildman–Crippen LogP) is 5.60. The molecule has 0 aliphatic heterocycles. The second-order valence-electron chi connectivity index (χ2n) is 7.26. The molecule has 0 N–H and O–H groups in total. The van der Waals surface area contributed by atoms with Gasteiger partial charge in [-0.2, -0.15) is 0 Å². The zero-order chi connectivity index (χ0) is 20.2. The molecule has 0 radical (unpaired) electrons. The fourth-order valence-corrected chi connectivity index (χ4v) is 4.43. The molecule has 0 spiro atoms. The van der Waals surface area contributed by atoms with E-state index in [0.29, 0.717) is 13.2 Å². The van der Waals surface area contributed by atoms with Crippen molar-refractivity contribution in [2.75, 3.05) is 6.61 Å². The molecule has 0 unspecified atom stereocenters. The molecule has 0 amide bonds. The van der Waals surface area contributed by atoms with E-state index in [1.54, 1.807) is 10.9 Å². The van der Waals surface area contributed by atoms with Gasteiger partial charge in [-0.25, -0.2) is 4.98 Å². The summed E-state index contributed by atoms with van der Waals surface area (Å²) in [7, 11) is 0. The van der Waals surface area contributed by atoms with Crippen LogP contribution in [0.2, 0.25) is 0 Å². The Hall–Kier alpha value is -2.92. The van der Waals surface area contributed by atoms with E-state index in [-0.39, 0.29) is 5.56 Å². The number of fused-ring (bicyclic) bond motifs is 1. The number of ether oxygens (including phenoxy) is 1. The fraction of sp³-hybridized carbons (Fsp3) is 0.250. The lowest BCUT2D eigenvalue weighted by Crippen LogP contribution is -2.20. The lowest BCUT2D eigenvalue weighted by molar-refractivity contribution is 0.303. The van der Waals surface area contributed by atoms with Crippen LogP contribution in [0.5, 0.6) is 5.75 Å². The normalized spacial score (nSPS) is 11.1. The van der Waals surface area contributed by atoms with Crippen molar-refractivity contribution in [1.82, 2.24) is 9.55 Å². The third kappa shape index (κ3) is 4.25. The molecule has 4 rings (SSSR count). The lowest BCUT2D eigenvalue weighted by Gasteiger charge is -2.09. The highest BCUT2D eigenvalue weighted by Gasteiger charge is 2.14. The summed E-state index contributed by atoms with van der Waals surface area (Å²) in [5.41, 5.74) is 4.53. The number of nitrogens with zero attached hydrogens (tertiary/aromatic N) is 2. The Balaban J connectivity index is 1.49. The maximum atomic E-state index is 13.1. The second kappa shape index (κ2) is 8.62. The lowest BCUT2D eigenvalue weighted by atomic mass is 9.99. The minimum absolute atomic E-state index is 0.0372. The summed E-state index contributed by atoms with van der Waals surface area (Å²) in [5.74, 6) is 0.879. The number of benzene rings is 2. The number of unbranched alkanes of at least 4 members (excludes halogenated alkanes) is 1. The Kier molecular flexibility index (Phi) is 5.76. The molecule has 148 valence electrons. The first-order chi connectivity index (χ1) is 14.1. The van der Waals surface area contributed by atoms with Crippen molar-refractivity contribution in [2.45, 2.75) is 33.2 Å². The van der Waals surface area contributed by atoms with Crippen LogP contribution in [0.1, 0.15) is 24.0 Å². The highest BCUT2D eigenvalue weighted by atomic mass is 32.1. The van der Waals surface area contributed by atoms with E-state index in [4.69, 9.17) is 4.74 Å². The van der Waals surface area contributed by atoms with Crippen molar-refractivity contribution in [1.29, 1.82) is 0 Å². The van der Waals surface area contributed by atoms with Crippen LogP contribution < -0.4 is 10.3 Å². The van der Waals surface area contributed by atoms with E-state index in [1.165, 1.54) is 22.5 Å². The first kappa shape index (κ1) is 19.4. The van der Waals surface area contributed by atoms with Crippen LogP contribution in [-0.4, -0.2) is 16.2 Å². The molecule has 2 aromatic carbocycles. The molecule has 0 fully saturated rings. The van der Waals surface area contributed by atoms with E-state index in [1.807, 2.05) is 30.3 Å². The summed E-state index contributed by atoms with van der Waals surface area (Å²) in [4.78, 5) is 18.5. The zero-order valence-electron chi connectivity index (χ0n) is 16.7. The van der Waals surface area contributed by atoms with E-state index in [0.717, 1.165) is 39.9 Å². The van der Waals surface area contributed by atoms with E-state index < -0.39 is 0 Å². The van der Waals surface area contributed by atoms with Gasteiger partial charge < -0.3 is 4.74 Å². The molecule has 4 nitrogen and oxygen atoms in total. The van der Waals surface area contributed by atoms with Gasteiger partial charge in [0.05, 0.1) is 18.3 Å². The van der Waals surface area contributed by atoms with E-state index in [2.05, 4.69) is 42.4 Å². The zero-order valence-corrected chi connectivity index (χ0v) is 17.5. The maximum absolute atomic E-state index is 13.1. The number of rotatable bonds is 7. The Morgan fingerprint density at radius 3 is 2.66 bits per heavy atom. The molecule has 0 saturated carbocycles. The van der Waals surface area contributed by atoms with Crippen LogP contribution >= 0.6 is 11.3 Å². The first-order valence-corrected chi connectivity index (χ1v) is 10.7. The van der Waals surface area contributed by atoms with E-state index >= 15 is 0 Å². The van der Waals surface area contributed by atoms with Crippen LogP contribution in [0.4, 0.5) is 0 Å². The van der Waals surface area contributed by atoms with Crippen molar-refractivity contribution in [2.24, 2.45) is 0 Å². The van der Waals surface area contributed by atoms with Gasteiger partial charge in [0.1, 0.15) is 10.6 Å². The molecule has 4 aromatic rings. The Labute approximate surface area is 174 Å². The average molecular weight is 405 g/mol. The van der Waals surface area contributed by atoms with Crippen LogP contribution in [0, 0.1) is 13.8 Å². The number of thiophene rings is 1. The molecule has 2 aromatic heterocycles. The molecule has 2 heterocycles. The summed E-state index contributed by atoms with van der Waals surface area (Å²) in [5, 5.41) is 2.78. The monoisotopic (exact) mass is 404 g/mol. The highest BCUT2D eigenvalue weighted by molar-refractivity contribution is 7.17. The van der Waals surface area contributed by atoms with Crippen LogP contribution in [0.15, 0.2) is 65.0 Å². The fourth-order valence-electron chi connectivity index (χ4n) is 3.53. The Morgan fingerprint density at radius 2 is 1.86 bits per heavy atom. The summed E-state index contributed by atoms with van der Waals surface area (Å²) >= 11 is 1.53. The van der Waals surface area contributed by atoms with Crippen LogP contribution in [0.3, 0.4) is 0 Å². The minimum Gasteiger partial charge on any atom is -0.494 e. The topological polar surface area (TPSA) is 44.1 Å². The Bertz CT molecular complexity index is 1180. The van der Waals surface area contributed by atoms with Gasteiger partial charge in [-0.15, -0.1) is 11.3 Å². The van der Waals surface area contributed by atoms with Gasteiger partial charge in [0.2, 0.25) is 0 Å². The van der Waals surface area contributed by atoms with Gasteiger partial charge in [-0.05, 0) is 49.9 Å². The van der Waals surface area contributed by atoms with Crippen LogP contribution in [-0.2, 0) is 6.54 Å². The smallest absolute Gasteiger partial charge is 0.262 e. The third-order valence-corrected chi connectivity index (χ3v) is 5.92. The van der Waals surface area contributed by atoms with Crippen molar-refractivity contribution in [3.8, 4) is 16.9 Å². The molecule has 0 aliphatic rings. The van der Waals surface area contributed by atoms with Gasteiger partial charge in [-0.3, -0.25) is 9.36 Å². The van der Waals surface area contributed by atoms with Crippen molar-refractivity contribution >= 4 is 21.6 Å². The molecule has 5 heteroatoms. The van der Waals surface area contributed by atoms with Crippen LogP contribution in [0.25, 0.3) is 21.3 Å². The standard InChI is InChI=1S/C24H24N2O2S/c1-17-10-11-20(18(2)14-17)21-15-29-23-22(21)24(27)26(16-25-23)12-6-7-13-28-19-8-4-3-5-9-19/h3-5,8-11,14-16H,6-7,12-13H2,1-2H3. The first-order valence-electron chi connectivity index (χ1n) is 9.85. The summed E-state index contributed by atoms with van der Waals surface area (Å²) < 4.78 is 7.46. The van der Waals surface area contributed by atoms with Gasteiger partial charge >= 0.3 is 0 Å². The quantitative estimate of drug-likeness (QED) is 0.377. The molecular weight excluding hydrogens is 380 g/mol. The summed E-state index contributed by atoms with van der Waals surface area (Å²) in [6.07, 6.45) is 3.42. The molecule has 0 saturated heterocycles.